The van der Waals surface area contributed by atoms with Crippen molar-refractivity contribution in [1.29, 1.82) is 0 Å². The van der Waals surface area contributed by atoms with Gasteiger partial charge in [0.1, 0.15) is 11.4 Å². The highest BCUT2D eigenvalue weighted by Gasteiger charge is 2.32. The average molecular weight is 559 g/mol. The summed E-state index contributed by atoms with van der Waals surface area (Å²) in [7, 11) is -8.45. The lowest BCUT2D eigenvalue weighted by Crippen LogP contribution is -2.54. The maximum Gasteiger partial charge on any atom is 0.332 e. The molecule has 0 aliphatic carbocycles. The molecule has 0 radical (unpaired) electrons. The van der Waals surface area contributed by atoms with Crippen molar-refractivity contribution in [3.05, 3.63) is 48.5 Å². The summed E-state index contributed by atoms with van der Waals surface area (Å²) in [6.07, 6.45) is 0. The van der Waals surface area contributed by atoms with Crippen molar-refractivity contribution in [3.8, 4) is 5.75 Å². The summed E-state index contributed by atoms with van der Waals surface area (Å²) >= 11 is 0. The van der Waals surface area contributed by atoms with E-state index in [4.69, 9.17) is 20.8 Å². The number of nitrogens with zero attached hydrogens (tertiary/aromatic N) is 3. The Hall–Kier alpha value is -3.76. The average Bonchev–Trinajstić information content (AvgIpc) is 2.77. The molecule has 0 atom stereocenters. The molecule has 1 heterocycles. The SMILES string of the molecule is CC1(C)N=C(N)N=C(N)N1c1ccc(OCC(=O)Nc2ccc(S(=O)(=O)F)cc2)cc1.CCS(=O)(=O)O. The van der Waals surface area contributed by atoms with Crippen LogP contribution in [-0.2, 0) is 25.1 Å². The topological polar surface area (TPSA) is 207 Å². The van der Waals surface area contributed by atoms with Crippen molar-refractivity contribution in [2.75, 3.05) is 22.6 Å². The number of nitrogens with one attached hydrogen (secondary N) is 1. The lowest BCUT2D eigenvalue weighted by atomic mass is 10.1. The molecule has 1 aliphatic heterocycles. The van der Waals surface area contributed by atoms with E-state index in [0.29, 0.717) is 17.1 Å². The lowest BCUT2D eigenvalue weighted by molar-refractivity contribution is -0.118. The molecule has 2 aromatic carbocycles. The molecule has 3 rings (SSSR count). The second-order valence-electron chi connectivity index (χ2n) is 7.93. The molecule has 0 fully saturated rings. The van der Waals surface area contributed by atoms with Gasteiger partial charge >= 0.3 is 10.2 Å². The highest BCUT2D eigenvalue weighted by atomic mass is 32.3. The number of amides is 1. The second-order valence-corrected chi connectivity index (χ2v) is 11.0. The van der Waals surface area contributed by atoms with Crippen molar-refractivity contribution < 1.29 is 34.8 Å². The number of halogens is 1. The monoisotopic (exact) mass is 558 g/mol. The number of benzene rings is 2. The predicted molar refractivity (Wildman–Crippen MR) is 137 cm³/mol. The highest BCUT2D eigenvalue weighted by molar-refractivity contribution is 7.86. The van der Waals surface area contributed by atoms with Crippen molar-refractivity contribution in [2.45, 2.75) is 31.3 Å². The van der Waals surface area contributed by atoms with Crippen LogP contribution in [0.2, 0.25) is 0 Å². The lowest BCUT2D eigenvalue weighted by Gasteiger charge is -2.38. The van der Waals surface area contributed by atoms with Crippen LogP contribution in [-0.4, -0.2) is 57.2 Å². The maximum atomic E-state index is 12.9. The normalized spacial score (nSPS) is 15.0. The van der Waals surface area contributed by atoms with Gasteiger partial charge in [-0.25, -0.2) is 4.99 Å². The molecule has 13 nitrogen and oxygen atoms in total. The molecule has 2 aromatic rings. The third-order valence-electron chi connectivity index (χ3n) is 4.64. The van der Waals surface area contributed by atoms with Crippen LogP contribution < -0.4 is 26.4 Å². The number of aliphatic imine (C=N–C) groups is 2. The fourth-order valence-electron chi connectivity index (χ4n) is 2.99. The minimum Gasteiger partial charge on any atom is -0.484 e. The molecule has 6 N–H and O–H groups in total. The molecule has 0 bridgehead atoms. The molecule has 0 saturated heterocycles. The molecule has 0 aromatic heterocycles. The van der Waals surface area contributed by atoms with Crippen LogP contribution in [0.1, 0.15) is 20.8 Å². The number of rotatable bonds is 7. The third kappa shape index (κ3) is 9.00. The molecule has 202 valence electrons. The fraction of sp³-hybridized carbons (Fsp3) is 0.286. The van der Waals surface area contributed by atoms with E-state index in [-0.39, 0.29) is 24.3 Å². The van der Waals surface area contributed by atoms with Crippen LogP contribution >= 0.6 is 0 Å². The summed E-state index contributed by atoms with van der Waals surface area (Å²) in [6, 6.07) is 11.5. The molecule has 0 saturated carbocycles. The minimum atomic E-state index is -4.79. The van der Waals surface area contributed by atoms with E-state index in [0.717, 1.165) is 12.1 Å². The van der Waals surface area contributed by atoms with E-state index >= 15 is 0 Å². The van der Waals surface area contributed by atoms with E-state index in [1.807, 2.05) is 13.8 Å². The highest BCUT2D eigenvalue weighted by Crippen LogP contribution is 2.28. The van der Waals surface area contributed by atoms with Crippen LogP contribution in [0.25, 0.3) is 0 Å². The second kappa shape index (κ2) is 11.5. The van der Waals surface area contributed by atoms with E-state index in [1.54, 1.807) is 29.2 Å². The van der Waals surface area contributed by atoms with Crippen molar-refractivity contribution in [1.82, 2.24) is 0 Å². The molecule has 0 unspecified atom stereocenters. The smallest absolute Gasteiger partial charge is 0.332 e. The first-order chi connectivity index (χ1) is 17.0. The van der Waals surface area contributed by atoms with Gasteiger partial charge in [-0.3, -0.25) is 14.2 Å². The van der Waals surface area contributed by atoms with Gasteiger partial charge in [0.15, 0.2) is 6.61 Å². The van der Waals surface area contributed by atoms with Gasteiger partial charge in [0.25, 0.3) is 16.0 Å². The summed E-state index contributed by atoms with van der Waals surface area (Å²) < 4.78 is 66.9. The summed E-state index contributed by atoms with van der Waals surface area (Å²) in [5.41, 5.74) is 12.0. The van der Waals surface area contributed by atoms with Gasteiger partial charge < -0.3 is 21.5 Å². The van der Waals surface area contributed by atoms with Gasteiger partial charge in [-0.1, -0.05) is 0 Å². The quantitative estimate of drug-likeness (QED) is 0.284. The van der Waals surface area contributed by atoms with Gasteiger partial charge in [0.05, 0.1) is 10.6 Å². The number of nitrogens with two attached hydrogens (primary N) is 2. The van der Waals surface area contributed by atoms with Gasteiger partial charge in [0, 0.05) is 11.4 Å². The van der Waals surface area contributed by atoms with Crippen molar-refractivity contribution in [3.63, 3.8) is 0 Å². The number of ether oxygens (including phenoxy) is 1. The van der Waals surface area contributed by atoms with Crippen molar-refractivity contribution in [2.24, 2.45) is 21.5 Å². The van der Waals surface area contributed by atoms with Gasteiger partial charge in [-0.05, 0) is 69.3 Å². The number of carbonyl (C=O) groups is 1. The first kappa shape index (κ1) is 29.5. The molecular weight excluding hydrogens is 531 g/mol. The van der Waals surface area contributed by atoms with Crippen LogP contribution in [0.4, 0.5) is 15.3 Å². The minimum absolute atomic E-state index is 0.102. The first-order valence-corrected chi connectivity index (χ1v) is 13.5. The summed E-state index contributed by atoms with van der Waals surface area (Å²) in [5, 5.41) is 2.53. The zero-order chi connectivity index (χ0) is 28.0. The van der Waals surface area contributed by atoms with Crippen LogP contribution in [0, 0.1) is 0 Å². The Morgan fingerprint density at radius 3 is 2.08 bits per heavy atom. The summed E-state index contributed by atoms with van der Waals surface area (Å²) in [4.78, 5) is 21.5. The van der Waals surface area contributed by atoms with Crippen LogP contribution in [0.15, 0.2) is 63.4 Å². The number of anilines is 2. The van der Waals surface area contributed by atoms with E-state index in [2.05, 4.69) is 15.3 Å². The maximum absolute atomic E-state index is 12.9. The van der Waals surface area contributed by atoms with Gasteiger partial charge in [0.2, 0.25) is 11.9 Å². The first-order valence-electron chi connectivity index (χ1n) is 10.5. The number of hydrogen-bond acceptors (Lipinski definition) is 11. The van der Waals surface area contributed by atoms with Gasteiger partial charge in [-0.2, -0.15) is 21.8 Å². The summed E-state index contributed by atoms with van der Waals surface area (Å²) in [6.45, 7) is 4.76. The Morgan fingerprint density at radius 2 is 1.62 bits per heavy atom. The molecular formula is C21H27FN6O7S2. The molecule has 16 heteroatoms. The zero-order valence-corrected chi connectivity index (χ0v) is 21.8. The number of hydrogen-bond donors (Lipinski definition) is 4. The van der Waals surface area contributed by atoms with E-state index in [1.165, 1.54) is 19.1 Å². The summed E-state index contributed by atoms with van der Waals surface area (Å²) in [5.74, 6) is 0.0692. The predicted octanol–water partition coefficient (Wildman–Crippen LogP) is 1.44. The van der Waals surface area contributed by atoms with Crippen molar-refractivity contribution >= 4 is 49.5 Å². The Bertz CT molecular complexity index is 1390. The largest absolute Gasteiger partial charge is 0.484 e. The van der Waals surface area contributed by atoms with E-state index in [9.17, 15) is 25.5 Å². The van der Waals surface area contributed by atoms with E-state index < -0.39 is 36.8 Å². The fourth-order valence-corrected chi connectivity index (χ4v) is 3.45. The molecule has 1 amide bonds. The number of carbonyl (C=O) groups excluding carboxylic acids is 1. The Kier molecular flexibility index (Phi) is 9.18. The molecule has 37 heavy (non-hydrogen) atoms. The molecule has 1 aliphatic rings. The van der Waals surface area contributed by atoms with Crippen LogP contribution in [0.5, 0.6) is 5.75 Å². The van der Waals surface area contributed by atoms with Crippen LogP contribution in [0.3, 0.4) is 0 Å². The Labute approximate surface area is 214 Å². The standard InChI is InChI=1S/C19H21FN6O4S.C2H6O3S/c1-19(2)25-17(21)24-18(22)26(19)13-5-7-14(8-6-13)30-11-16(27)23-12-3-9-15(10-4-12)31(20,28)29;1-2-6(3,4)5/h3-10H,11H2,1-2H3,(H,23,27)(H4,21,22,24,25);2H2,1H3,(H,3,4,5). The Morgan fingerprint density at radius 1 is 1.08 bits per heavy atom. The molecule has 0 spiro atoms. The number of guanidine groups is 2. The van der Waals surface area contributed by atoms with Gasteiger partial charge in [-0.15, -0.1) is 3.89 Å². The zero-order valence-electron chi connectivity index (χ0n) is 20.1. The third-order valence-corrected chi connectivity index (χ3v) is 6.21. The Balaban J connectivity index is 0.000000717.